The highest BCUT2D eigenvalue weighted by atomic mass is 32.1. The van der Waals surface area contributed by atoms with Crippen LogP contribution in [0.4, 0.5) is 0 Å². The number of benzene rings is 1. The molecule has 0 aliphatic carbocycles. The Bertz CT molecular complexity index is 647. The molecular formula is C15H13N3O2S. The Labute approximate surface area is 126 Å². The van der Waals surface area contributed by atoms with Gasteiger partial charge in [0.1, 0.15) is 6.04 Å². The highest BCUT2D eigenvalue weighted by Gasteiger charge is 2.14. The Hall–Kier alpha value is -2.65. The van der Waals surface area contributed by atoms with Crippen LogP contribution in [0.2, 0.25) is 0 Å². The van der Waals surface area contributed by atoms with E-state index < -0.39 is 11.9 Å². The number of amides is 2. The van der Waals surface area contributed by atoms with Crippen molar-refractivity contribution in [3.8, 4) is 6.07 Å². The van der Waals surface area contributed by atoms with Crippen LogP contribution in [0.25, 0.3) is 0 Å². The molecule has 0 bridgehead atoms. The van der Waals surface area contributed by atoms with Gasteiger partial charge in [0.25, 0.3) is 5.91 Å². The molecule has 2 amide bonds. The van der Waals surface area contributed by atoms with Gasteiger partial charge >= 0.3 is 0 Å². The molecule has 0 radical (unpaired) electrons. The molecule has 21 heavy (non-hydrogen) atoms. The van der Waals surface area contributed by atoms with Gasteiger partial charge in [-0.15, -0.1) is 0 Å². The molecule has 0 saturated carbocycles. The largest absolute Gasteiger partial charge is 0.343 e. The molecule has 6 heteroatoms. The van der Waals surface area contributed by atoms with Gasteiger partial charge in [-0.2, -0.15) is 16.6 Å². The Morgan fingerprint density at radius 3 is 2.62 bits per heavy atom. The van der Waals surface area contributed by atoms with E-state index in [4.69, 9.17) is 5.26 Å². The van der Waals surface area contributed by atoms with Gasteiger partial charge in [0, 0.05) is 5.56 Å². The van der Waals surface area contributed by atoms with Crippen LogP contribution in [0.5, 0.6) is 0 Å². The van der Waals surface area contributed by atoms with E-state index in [9.17, 15) is 9.59 Å². The Balaban J connectivity index is 1.85. The van der Waals surface area contributed by atoms with Gasteiger partial charge in [0.05, 0.1) is 12.6 Å². The van der Waals surface area contributed by atoms with Crippen LogP contribution in [0.3, 0.4) is 0 Å². The third-order valence-corrected chi connectivity index (χ3v) is 3.46. The van der Waals surface area contributed by atoms with Gasteiger partial charge in [0.15, 0.2) is 0 Å². The maximum absolute atomic E-state index is 11.8. The van der Waals surface area contributed by atoms with Crippen molar-refractivity contribution in [1.29, 1.82) is 5.26 Å². The predicted octanol–water partition coefficient (Wildman–Crippen LogP) is 1.86. The highest BCUT2D eigenvalue weighted by molar-refractivity contribution is 7.08. The van der Waals surface area contributed by atoms with E-state index in [2.05, 4.69) is 10.6 Å². The van der Waals surface area contributed by atoms with Gasteiger partial charge in [0.2, 0.25) is 5.91 Å². The second-order valence-corrected chi connectivity index (χ2v) is 5.02. The zero-order valence-corrected chi connectivity index (χ0v) is 11.9. The molecule has 2 rings (SSSR count). The van der Waals surface area contributed by atoms with Crippen molar-refractivity contribution < 1.29 is 9.59 Å². The Morgan fingerprint density at radius 2 is 2.00 bits per heavy atom. The second-order valence-electron chi connectivity index (χ2n) is 4.24. The van der Waals surface area contributed by atoms with Crippen LogP contribution in [0, 0.1) is 11.3 Å². The van der Waals surface area contributed by atoms with Crippen LogP contribution >= 0.6 is 11.3 Å². The fourth-order valence-electron chi connectivity index (χ4n) is 1.69. The number of rotatable bonds is 5. The van der Waals surface area contributed by atoms with Crippen molar-refractivity contribution in [2.45, 2.75) is 6.04 Å². The zero-order valence-electron chi connectivity index (χ0n) is 11.1. The summed E-state index contributed by atoms with van der Waals surface area (Å²) in [7, 11) is 0. The first-order valence-corrected chi connectivity index (χ1v) is 7.19. The minimum Gasteiger partial charge on any atom is -0.343 e. The first-order chi connectivity index (χ1) is 10.2. The van der Waals surface area contributed by atoms with Crippen LogP contribution in [-0.4, -0.2) is 18.4 Å². The van der Waals surface area contributed by atoms with Gasteiger partial charge in [-0.25, -0.2) is 0 Å². The van der Waals surface area contributed by atoms with E-state index in [1.165, 1.54) is 11.3 Å². The van der Waals surface area contributed by atoms with Crippen molar-refractivity contribution in [3.63, 3.8) is 0 Å². The van der Waals surface area contributed by atoms with Crippen molar-refractivity contribution >= 4 is 23.2 Å². The third-order valence-electron chi connectivity index (χ3n) is 2.76. The van der Waals surface area contributed by atoms with Gasteiger partial charge in [-0.1, -0.05) is 18.2 Å². The maximum Gasteiger partial charge on any atom is 0.251 e. The number of hydrogen-bond acceptors (Lipinski definition) is 4. The van der Waals surface area contributed by atoms with Crippen LogP contribution in [0.1, 0.15) is 22.0 Å². The summed E-state index contributed by atoms with van der Waals surface area (Å²) in [5.74, 6) is -0.730. The van der Waals surface area contributed by atoms with Crippen molar-refractivity contribution in [2.24, 2.45) is 0 Å². The van der Waals surface area contributed by atoms with E-state index >= 15 is 0 Å². The molecule has 2 aromatic rings. The summed E-state index contributed by atoms with van der Waals surface area (Å²) in [5, 5.41) is 17.8. The molecule has 2 N–H and O–H groups in total. The minimum atomic E-state index is -0.697. The lowest BCUT2D eigenvalue weighted by molar-refractivity contribution is -0.120. The molecule has 1 aromatic heterocycles. The maximum atomic E-state index is 11.8. The molecule has 1 aromatic carbocycles. The number of nitrogens with zero attached hydrogens (tertiary/aromatic N) is 1. The summed E-state index contributed by atoms with van der Waals surface area (Å²) >= 11 is 1.45. The summed E-state index contributed by atoms with van der Waals surface area (Å²) < 4.78 is 0. The first-order valence-electron chi connectivity index (χ1n) is 6.25. The number of thiophene rings is 1. The predicted molar refractivity (Wildman–Crippen MR) is 79.6 cm³/mol. The summed E-state index contributed by atoms with van der Waals surface area (Å²) in [5.41, 5.74) is 1.23. The Kier molecular flexibility index (Phi) is 5.07. The Morgan fingerprint density at radius 1 is 1.24 bits per heavy atom. The number of nitrogens with one attached hydrogen (secondary N) is 2. The van der Waals surface area contributed by atoms with Gasteiger partial charge < -0.3 is 10.6 Å². The zero-order chi connectivity index (χ0) is 15.1. The van der Waals surface area contributed by atoms with Crippen LogP contribution in [-0.2, 0) is 4.79 Å². The average molecular weight is 299 g/mol. The smallest absolute Gasteiger partial charge is 0.251 e. The summed E-state index contributed by atoms with van der Waals surface area (Å²) in [4.78, 5) is 23.5. The number of carbonyl (C=O) groups excluding carboxylic acids is 2. The van der Waals surface area contributed by atoms with Gasteiger partial charge in [-0.05, 0) is 34.5 Å². The lowest BCUT2D eigenvalue weighted by atomic mass is 10.2. The van der Waals surface area contributed by atoms with E-state index in [1.807, 2.05) is 17.5 Å². The minimum absolute atomic E-state index is 0.171. The third kappa shape index (κ3) is 4.16. The molecular weight excluding hydrogens is 286 g/mol. The quantitative estimate of drug-likeness (QED) is 0.884. The number of hydrogen-bond donors (Lipinski definition) is 2. The fourth-order valence-corrected chi connectivity index (χ4v) is 2.38. The molecule has 0 aliphatic heterocycles. The van der Waals surface area contributed by atoms with Crippen molar-refractivity contribution in [1.82, 2.24) is 10.6 Å². The lowest BCUT2D eigenvalue weighted by Crippen LogP contribution is -2.38. The fraction of sp³-hybridized carbons (Fsp3) is 0.133. The van der Waals surface area contributed by atoms with Crippen molar-refractivity contribution in [3.05, 3.63) is 58.3 Å². The van der Waals surface area contributed by atoms with Gasteiger partial charge in [-0.3, -0.25) is 9.59 Å². The topological polar surface area (TPSA) is 82.0 Å². The van der Waals surface area contributed by atoms with Crippen molar-refractivity contribution in [2.75, 3.05) is 6.54 Å². The molecule has 0 aliphatic rings. The number of nitriles is 1. The molecule has 106 valence electrons. The molecule has 0 saturated heterocycles. The molecule has 0 fully saturated rings. The van der Waals surface area contributed by atoms with Crippen LogP contribution in [0.15, 0.2) is 47.2 Å². The molecule has 0 spiro atoms. The highest BCUT2D eigenvalue weighted by Crippen LogP contribution is 2.15. The monoisotopic (exact) mass is 299 g/mol. The molecule has 0 unspecified atom stereocenters. The summed E-state index contributed by atoms with van der Waals surface area (Å²) in [6, 6.07) is 11.7. The van der Waals surface area contributed by atoms with E-state index in [0.717, 1.165) is 5.56 Å². The van der Waals surface area contributed by atoms with E-state index in [0.29, 0.717) is 5.56 Å². The first kappa shape index (κ1) is 14.8. The van der Waals surface area contributed by atoms with E-state index in [1.54, 1.807) is 35.7 Å². The molecule has 1 atom stereocenters. The lowest BCUT2D eigenvalue weighted by Gasteiger charge is -2.11. The molecule has 5 nitrogen and oxygen atoms in total. The van der Waals surface area contributed by atoms with E-state index in [-0.39, 0.29) is 12.5 Å². The molecule has 1 heterocycles. The number of carbonyl (C=O) groups is 2. The normalized spacial score (nSPS) is 11.2. The SMILES string of the molecule is N#C[C@@H](NC(=O)CNC(=O)c1ccccc1)c1ccsc1. The summed E-state index contributed by atoms with van der Waals surface area (Å²) in [6.07, 6.45) is 0. The average Bonchev–Trinajstić information content (AvgIpc) is 3.05. The van der Waals surface area contributed by atoms with Crippen LogP contribution < -0.4 is 10.6 Å². The standard InChI is InChI=1S/C15H13N3O2S/c16-8-13(12-6-7-21-10-12)18-14(19)9-17-15(20)11-4-2-1-3-5-11/h1-7,10,13H,9H2,(H,17,20)(H,18,19)/t13-/m1/s1. The second kappa shape index (κ2) is 7.22. The summed E-state index contributed by atoms with van der Waals surface area (Å²) in [6.45, 7) is -0.171.